The van der Waals surface area contributed by atoms with Crippen molar-refractivity contribution in [3.8, 4) is 0 Å². The zero-order valence-electron chi connectivity index (χ0n) is 32.9. The van der Waals surface area contributed by atoms with Crippen molar-refractivity contribution < 1.29 is 40.7 Å². The van der Waals surface area contributed by atoms with E-state index in [1.807, 2.05) is 0 Å². The van der Waals surface area contributed by atoms with Crippen LogP contribution >= 0.6 is 17.2 Å². The standard InChI is InChI=1S/2C16H35P.C7H15O4.Ti/c2*1-3-5-7-9-11-13-15-17-16-14-12-10-8-6-4-2;1-7(10-4,11-5)6(8-2)9-3;/h2*17H,3-16H2,1-2H3;1-5H3;/q;;-1;. The molecule has 280 valence electrons. The van der Waals surface area contributed by atoms with Crippen LogP contribution in [0.25, 0.3) is 0 Å². The molecule has 0 bridgehead atoms. The van der Waals surface area contributed by atoms with E-state index in [1.165, 1.54) is 224 Å². The van der Waals surface area contributed by atoms with Crippen LogP contribution in [-0.2, 0) is 40.7 Å². The summed E-state index contributed by atoms with van der Waals surface area (Å²) >= 11 is 0. The number of unbranched alkanes of at least 4 members (excludes halogenated alkanes) is 20. The molecule has 0 aliphatic heterocycles. The van der Waals surface area contributed by atoms with Crippen LogP contribution in [0.5, 0.6) is 0 Å². The Balaban J connectivity index is -0.000000292. The average molecular weight is 728 g/mol. The Bertz CT molecular complexity index is 437. The van der Waals surface area contributed by atoms with E-state index in [2.05, 4.69) is 27.7 Å². The van der Waals surface area contributed by atoms with Crippen LogP contribution in [0.3, 0.4) is 0 Å². The van der Waals surface area contributed by atoms with Crippen molar-refractivity contribution in [1.29, 1.82) is 0 Å². The first-order chi connectivity index (χ1) is 22.0. The molecular weight excluding hydrogens is 642 g/mol. The Morgan fingerprint density at radius 1 is 0.391 bits per heavy atom. The van der Waals surface area contributed by atoms with E-state index in [9.17, 15) is 0 Å². The van der Waals surface area contributed by atoms with E-state index in [4.69, 9.17) is 18.9 Å². The normalized spacial score (nSPS) is 11.1. The quantitative estimate of drug-likeness (QED) is 0.0222. The van der Waals surface area contributed by atoms with Crippen LogP contribution in [0.1, 0.15) is 189 Å². The van der Waals surface area contributed by atoms with E-state index in [0.717, 1.165) is 0 Å². The molecule has 0 saturated heterocycles. The molecule has 0 aromatic carbocycles. The van der Waals surface area contributed by atoms with Gasteiger partial charge in [0.25, 0.3) is 0 Å². The first kappa shape index (κ1) is 54.2. The van der Waals surface area contributed by atoms with Crippen LogP contribution in [-0.4, -0.2) is 58.9 Å². The first-order valence-electron chi connectivity index (χ1n) is 19.4. The van der Waals surface area contributed by atoms with Crippen LogP contribution in [0.15, 0.2) is 0 Å². The van der Waals surface area contributed by atoms with Crippen LogP contribution < -0.4 is 0 Å². The molecule has 0 rings (SSSR count). The van der Waals surface area contributed by atoms with Gasteiger partial charge in [0.2, 0.25) is 0 Å². The number of methoxy groups -OCH3 is 4. The third kappa shape index (κ3) is 43.4. The fourth-order valence-corrected chi connectivity index (χ4v) is 7.58. The summed E-state index contributed by atoms with van der Waals surface area (Å²) in [4.78, 5) is 0. The summed E-state index contributed by atoms with van der Waals surface area (Å²) < 4.78 is 19.8. The van der Waals surface area contributed by atoms with Gasteiger partial charge in [0, 0.05) is 50.2 Å². The molecule has 0 fully saturated rings. The summed E-state index contributed by atoms with van der Waals surface area (Å²) in [6.45, 7) is 10.9. The van der Waals surface area contributed by atoms with Gasteiger partial charge in [0.1, 0.15) is 0 Å². The maximum absolute atomic E-state index is 5.02. The second-order valence-electron chi connectivity index (χ2n) is 12.6. The molecule has 0 saturated carbocycles. The number of hydrogen-bond acceptors (Lipinski definition) is 4. The Morgan fingerprint density at radius 2 is 0.609 bits per heavy atom. The predicted octanol–water partition coefficient (Wildman–Crippen LogP) is 13.5. The molecule has 0 atom stereocenters. The van der Waals surface area contributed by atoms with E-state index in [-0.39, 0.29) is 21.7 Å². The molecule has 7 heteroatoms. The van der Waals surface area contributed by atoms with Crippen molar-refractivity contribution in [2.24, 2.45) is 0 Å². The maximum atomic E-state index is 5.02. The molecule has 4 nitrogen and oxygen atoms in total. The Labute approximate surface area is 310 Å². The Hall–Kier alpha value is 1.41. The molecule has 0 unspecified atom stereocenters. The minimum absolute atomic E-state index is 0. The minimum atomic E-state index is -0.927. The minimum Gasteiger partial charge on any atom is -0.519 e. The van der Waals surface area contributed by atoms with Crippen molar-refractivity contribution in [2.45, 2.75) is 195 Å². The third-order valence-electron chi connectivity index (χ3n) is 8.35. The second kappa shape index (κ2) is 48.5. The summed E-state index contributed by atoms with van der Waals surface area (Å²) in [6.07, 6.45) is 41.4. The van der Waals surface area contributed by atoms with E-state index >= 15 is 0 Å². The fraction of sp³-hybridized carbons (Fsp3) is 0.974. The average Bonchev–Trinajstić information content (AvgIpc) is 3.06. The van der Waals surface area contributed by atoms with Gasteiger partial charge < -0.3 is 18.9 Å². The second-order valence-corrected chi connectivity index (χ2v) is 15.6. The van der Waals surface area contributed by atoms with E-state index < -0.39 is 5.79 Å². The van der Waals surface area contributed by atoms with Crippen LogP contribution in [0.4, 0.5) is 0 Å². The van der Waals surface area contributed by atoms with Gasteiger partial charge in [-0.15, -0.1) is 17.2 Å². The molecule has 0 aromatic rings. The molecule has 0 N–H and O–H groups in total. The van der Waals surface area contributed by atoms with E-state index in [0.29, 0.717) is 6.29 Å². The van der Waals surface area contributed by atoms with Crippen molar-refractivity contribution in [3.63, 3.8) is 0 Å². The van der Waals surface area contributed by atoms with Gasteiger partial charge in [0.15, 0.2) is 0 Å². The fourth-order valence-electron chi connectivity index (χ4n) is 5.08. The van der Waals surface area contributed by atoms with Gasteiger partial charge in [-0.1, -0.05) is 156 Å². The van der Waals surface area contributed by atoms with Crippen molar-refractivity contribution in [2.75, 3.05) is 53.1 Å². The topological polar surface area (TPSA) is 36.9 Å². The molecule has 0 aromatic heterocycles. The summed E-state index contributed by atoms with van der Waals surface area (Å²) in [7, 11) is 8.53. The monoisotopic (exact) mass is 728 g/mol. The molecule has 46 heavy (non-hydrogen) atoms. The molecular formula is C39H85O4P2Ti-. The largest absolute Gasteiger partial charge is 0.519 e. The smallest absolute Gasteiger partial charge is 0.0908 e. The first-order valence-corrected chi connectivity index (χ1v) is 22.3. The van der Waals surface area contributed by atoms with Gasteiger partial charge in [-0.05, 0) is 63.5 Å². The molecule has 0 heterocycles. The summed E-state index contributed by atoms with van der Waals surface area (Å²) in [5.41, 5.74) is 0. The Kier molecular flexibility index (Phi) is 57.2. The Morgan fingerprint density at radius 3 is 0.783 bits per heavy atom. The zero-order chi connectivity index (χ0) is 34.1. The summed E-state index contributed by atoms with van der Waals surface area (Å²) in [5, 5.41) is 0. The predicted molar refractivity (Wildman–Crippen MR) is 209 cm³/mol. The van der Waals surface area contributed by atoms with Gasteiger partial charge in [-0.2, -0.15) is 0 Å². The van der Waals surface area contributed by atoms with Gasteiger partial charge in [0.05, 0.1) is 5.79 Å². The van der Waals surface area contributed by atoms with Crippen molar-refractivity contribution in [3.05, 3.63) is 6.29 Å². The summed E-state index contributed by atoms with van der Waals surface area (Å²) in [6, 6.07) is 0. The van der Waals surface area contributed by atoms with Gasteiger partial charge in [-0.3, -0.25) is 0 Å². The van der Waals surface area contributed by atoms with Gasteiger partial charge >= 0.3 is 0 Å². The molecule has 0 radical (unpaired) electrons. The third-order valence-corrected chi connectivity index (χ3v) is 11.2. The SMILES string of the molecule is CCCCCCCCPCCCCCCCC.CCCCCCCCPCCCCCCCC.CO[C-](OC)C(C)(OC)OC.[Ti]. The number of hydrogen-bond donors (Lipinski definition) is 0. The van der Waals surface area contributed by atoms with Crippen molar-refractivity contribution >= 4 is 17.2 Å². The zero-order valence-corrected chi connectivity index (χ0v) is 36.5. The molecule has 0 aliphatic carbocycles. The molecule has 0 aliphatic rings. The maximum Gasteiger partial charge on any atom is 0.0908 e. The van der Waals surface area contributed by atoms with Crippen molar-refractivity contribution in [1.82, 2.24) is 0 Å². The van der Waals surface area contributed by atoms with Crippen LogP contribution in [0.2, 0.25) is 0 Å². The van der Waals surface area contributed by atoms with Gasteiger partial charge in [-0.25, -0.2) is 0 Å². The molecule has 0 amide bonds. The van der Waals surface area contributed by atoms with E-state index in [1.54, 1.807) is 6.92 Å². The summed E-state index contributed by atoms with van der Waals surface area (Å²) in [5.74, 6) is -0.927. The number of rotatable bonds is 33. The van der Waals surface area contributed by atoms with Crippen LogP contribution in [0, 0.1) is 6.29 Å². The molecule has 0 spiro atoms. The number of ether oxygens (including phenoxy) is 4.